The van der Waals surface area contributed by atoms with Crippen molar-refractivity contribution in [1.82, 2.24) is 10.2 Å². The quantitative estimate of drug-likeness (QED) is 0.774. The van der Waals surface area contributed by atoms with Crippen LogP contribution in [0.3, 0.4) is 0 Å². The second kappa shape index (κ2) is 9.04. The van der Waals surface area contributed by atoms with Crippen LogP contribution in [0.5, 0.6) is 0 Å². The smallest absolute Gasteiger partial charge is 0.410 e. The fraction of sp³-hybridized carbons (Fsp3) is 0.571. The predicted octanol–water partition coefficient (Wildman–Crippen LogP) is 4.47. The lowest BCUT2D eigenvalue weighted by Gasteiger charge is -2.28. The summed E-state index contributed by atoms with van der Waals surface area (Å²) >= 11 is 0. The van der Waals surface area contributed by atoms with Crippen LogP contribution in [-0.4, -0.2) is 42.3 Å². The molecule has 0 spiro atoms. The summed E-state index contributed by atoms with van der Waals surface area (Å²) in [5, 5.41) is 3.49. The first-order valence-corrected chi connectivity index (χ1v) is 9.28. The van der Waals surface area contributed by atoms with Crippen LogP contribution >= 0.6 is 0 Å². The molecule has 1 aromatic rings. The maximum atomic E-state index is 12.3. The van der Waals surface area contributed by atoms with Gasteiger partial charge in [-0.2, -0.15) is 0 Å². The Morgan fingerprint density at radius 2 is 2.04 bits per heavy atom. The number of nitrogens with one attached hydrogen (secondary N) is 1. The molecule has 1 heterocycles. The summed E-state index contributed by atoms with van der Waals surface area (Å²) in [4.78, 5) is 14.2. The van der Waals surface area contributed by atoms with Gasteiger partial charge in [-0.25, -0.2) is 4.79 Å². The van der Waals surface area contributed by atoms with Gasteiger partial charge in [0.25, 0.3) is 0 Å². The first-order valence-electron chi connectivity index (χ1n) is 9.28. The zero-order valence-electron chi connectivity index (χ0n) is 16.0. The molecule has 4 heteroatoms. The number of hydrogen-bond donors (Lipinski definition) is 1. The molecule has 25 heavy (non-hydrogen) atoms. The van der Waals surface area contributed by atoms with Crippen molar-refractivity contribution in [3.05, 3.63) is 41.5 Å². The van der Waals surface area contributed by atoms with Crippen LogP contribution in [0.15, 0.2) is 35.9 Å². The van der Waals surface area contributed by atoms with E-state index in [1.165, 1.54) is 11.1 Å². The third-order valence-corrected chi connectivity index (χ3v) is 4.28. The van der Waals surface area contributed by atoms with Gasteiger partial charge in [-0.1, -0.05) is 42.0 Å². The van der Waals surface area contributed by atoms with E-state index >= 15 is 0 Å². The molecule has 1 fully saturated rings. The second-order valence-corrected chi connectivity index (χ2v) is 7.84. The molecule has 1 atom stereocenters. The Bertz CT molecular complexity index is 575. The van der Waals surface area contributed by atoms with Gasteiger partial charge in [0, 0.05) is 19.1 Å². The SMILES string of the molecule is C/C(=C\c1ccccc1)CNCC[C@H]1CCCN1C(=O)OC(C)(C)C. The standard InChI is InChI=1S/C21H32N2O2/c1-17(15-18-9-6-5-7-10-18)16-22-13-12-19-11-8-14-23(19)20(24)25-21(2,3)4/h5-7,9-10,15,19,22H,8,11-14,16H2,1-4H3/b17-15+/t19-/m1/s1. The molecule has 0 bridgehead atoms. The van der Waals surface area contributed by atoms with E-state index in [-0.39, 0.29) is 6.09 Å². The zero-order chi connectivity index (χ0) is 18.3. The first kappa shape index (κ1) is 19.5. The normalized spacial score (nSPS) is 18.5. The number of carbonyl (C=O) groups is 1. The fourth-order valence-electron chi connectivity index (χ4n) is 3.14. The molecule has 1 aliphatic rings. The van der Waals surface area contributed by atoms with Gasteiger partial charge >= 0.3 is 6.09 Å². The van der Waals surface area contributed by atoms with Crippen LogP contribution in [0.25, 0.3) is 6.08 Å². The molecule has 1 N–H and O–H groups in total. The Morgan fingerprint density at radius 1 is 1.32 bits per heavy atom. The molecule has 1 aromatic carbocycles. The summed E-state index contributed by atoms with van der Waals surface area (Å²) in [5.74, 6) is 0. The van der Waals surface area contributed by atoms with Gasteiger partial charge in [0.05, 0.1) is 0 Å². The number of amides is 1. The van der Waals surface area contributed by atoms with Crippen molar-refractivity contribution >= 4 is 12.2 Å². The van der Waals surface area contributed by atoms with E-state index in [0.717, 1.165) is 38.9 Å². The number of benzene rings is 1. The summed E-state index contributed by atoms with van der Waals surface area (Å²) in [6, 6.07) is 10.7. The monoisotopic (exact) mass is 344 g/mol. The zero-order valence-corrected chi connectivity index (χ0v) is 16.0. The highest BCUT2D eigenvalue weighted by Gasteiger charge is 2.31. The second-order valence-electron chi connectivity index (χ2n) is 7.84. The van der Waals surface area contributed by atoms with Crippen molar-refractivity contribution in [2.24, 2.45) is 0 Å². The van der Waals surface area contributed by atoms with Crippen LogP contribution in [0.2, 0.25) is 0 Å². The minimum Gasteiger partial charge on any atom is -0.444 e. The average Bonchev–Trinajstić information content (AvgIpc) is 2.99. The molecule has 0 aromatic heterocycles. The van der Waals surface area contributed by atoms with Crippen molar-refractivity contribution in [2.45, 2.75) is 58.6 Å². The molecule has 1 saturated heterocycles. The van der Waals surface area contributed by atoms with Gasteiger partial charge in [0.1, 0.15) is 5.60 Å². The van der Waals surface area contributed by atoms with Crippen molar-refractivity contribution < 1.29 is 9.53 Å². The number of hydrogen-bond acceptors (Lipinski definition) is 3. The first-order chi connectivity index (χ1) is 11.8. The lowest BCUT2D eigenvalue weighted by molar-refractivity contribution is 0.0221. The van der Waals surface area contributed by atoms with Gasteiger partial charge in [0.15, 0.2) is 0 Å². The van der Waals surface area contributed by atoms with Gasteiger partial charge in [-0.05, 0) is 59.1 Å². The number of carbonyl (C=O) groups excluding carboxylic acids is 1. The highest BCUT2D eigenvalue weighted by Crippen LogP contribution is 2.22. The minimum atomic E-state index is -0.429. The van der Waals surface area contributed by atoms with E-state index < -0.39 is 5.60 Å². The highest BCUT2D eigenvalue weighted by atomic mass is 16.6. The molecule has 0 radical (unpaired) electrons. The summed E-state index contributed by atoms with van der Waals surface area (Å²) in [7, 11) is 0. The molecule has 2 rings (SSSR count). The van der Waals surface area contributed by atoms with Crippen molar-refractivity contribution in [3.63, 3.8) is 0 Å². The molecule has 1 aliphatic heterocycles. The Balaban J connectivity index is 1.73. The Hall–Kier alpha value is -1.81. The predicted molar refractivity (Wildman–Crippen MR) is 104 cm³/mol. The lowest BCUT2D eigenvalue weighted by atomic mass is 10.1. The fourth-order valence-corrected chi connectivity index (χ4v) is 3.14. The minimum absolute atomic E-state index is 0.171. The summed E-state index contributed by atoms with van der Waals surface area (Å²) < 4.78 is 5.52. The average molecular weight is 344 g/mol. The van der Waals surface area contributed by atoms with Crippen LogP contribution in [-0.2, 0) is 4.74 Å². The molecule has 0 unspecified atom stereocenters. The number of nitrogens with zero attached hydrogens (tertiary/aromatic N) is 1. The third-order valence-electron chi connectivity index (χ3n) is 4.28. The molecule has 4 nitrogen and oxygen atoms in total. The van der Waals surface area contributed by atoms with Crippen molar-refractivity contribution in [3.8, 4) is 0 Å². The van der Waals surface area contributed by atoms with Gasteiger partial charge in [0.2, 0.25) is 0 Å². The van der Waals surface area contributed by atoms with E-state index in [4.69, 9.17) is 4.74 Å². The summed E-state index contributed by atoms with van der Waals surface area (Å²) in [6.45, 7) is 10.5. The third kappa shape index (κ3) is 6.91. The van der Waals surface area contributed by atoms with E-state index in [0.29, 0.717) is 6.04 Å². The summed E-state index contributed by atoms with van der Waals surface area (Å²) in [5.41, 5.74) is 2.11. The molecular weight excluding hydrogens is 312 g/mol. The molecular formula is C21H32N2O2. The Morgan fingerprint density at radius 3 is 2.72 bits per heavy atom. The summed E-state index contributed by atoms with van der Waals surface area (Å²) in [6.07, 6.45) is 5.14. The molecule has 0 saturated carbocycles. The van der Waals surface area contributed by atoms with Gasteiger partial charge in [-0.3, -0.25) is 0 Å². The molecule has 0 aliphatic carbocycles. The van der Waals surface area contributed by atoms with Crippen molar-refractivity contribution in [1.29, 1.82) is 0 Å². The Kier molecular flexibility index (Phi) is 7.06. The van der Waals surface area contributed by atoms with Crippen LogP contribution < -0.4 is 5.32 Å². The van der Waals surface area contributed by atoms with E-state index in [9.17, 15) is 4.79 Å². The molecule has 1 amide bonds. The number of likely N-dealkylation sites (tertiary alicyclic amines) is 1. The lowest BCUT2D eigenvalue weighted by Crippen LogP contribution is -2.40. The van der Waals surface area contributed by atoms with Crippen LogP contribution in [0.4, 0.5) is 4.79 Å². The number of rotatable bonds is 6. The van der Waals surface area contributed by atoms with Crippen LogP contribution in [0.1, 0.15) is 52.5 Å². The maximum Gasteiger partial charge on any atom is 0.410 e. The van der Waals surface area contributed by atoms with E-state index in [2.05, 4.69) is 42.6 Å². The largest absolute Gasteiger partial charge is 0.444 e. The number of ether oxygens (including phenoxy) is 1. The highest BCUT2D eigenvalue weighted by molar-refractivity contribution is 5.68. The van der Waals surface area contributed by atoms with Gasteiger partial charge in [-0.15, -0.1) is 0 Å². The van der Waals surface area contributed by atoms with Crippen molar-refractivity contribution in [2.75, 3.05) is 19.6 Å². The maximum absolute atomic E-state index is 12.3. The van der Waals surface area contributed by atoms with E-state index in [1.807, 2.05) is 31.7 Å². The Labute approximate surface area is 152 Å². The van der Waals surface area contributed by atoms with Gasteiger partial charge < -0.3 is 15.0 Å². The van der Waals surface area contributed by atoms with Crippen LogP contribution in [0, 0.1) is 0 Å². The van der Waals surface area contributed by atoms with E-state index in [1.54, 1.807) is 0 Å². The topological polar surface area (TPSA) is 41.6 Å². The molecule has 138 valence electrons.